The minimum Gasteiger partial charge on any atom is -0.343 e. The molecule has 3 nitrogen and oxygen atoms in total. The van der Waals surface area contributed by atoms with Gasteiger partial charge in [-0.15, -0.1) is 0 Å². The summed E-state index contributed by atoms with van der Waals surface area (Å²) in [5, 5.41) is 8.38. The van der Waals surface area contributed by atoms with Gasteiger partial charge in [-0.1, -0.05) is 39.6 Å². The second-order valence-corrected chi connectivity index (χ2v) is 4.75. The van der Waals surface area contributed by atoms with Gasteiger partial charge in [0.25, 0.3) is 0 Å². The Kier molecular flexibility index (Phi) is 6.16. The van der Waals surface area contributed by atoms with Crippen molar-refractivity contribution in [3.8, 4) is 0 Å². The smallest absolute Gasteiger partial charge is 0.221 e. The van der Waals surface area contributed by atoms with Crippen molar-refractivity contribution in [1.29, 1.82) is 0 Å². The third-order valence-electron chi connectivity index (χ3n) is 1.65. The Hall–Kier alpha value is -0.220. The summed E-state index contributed by atoms with van der Waals surface area (Å²) in [6.07, 6.45) is 0.573. The fourth-order valence-electron chi connectivity index (χ4n) is 0.946. The molecule has 0 rings (SSSR count). The third kappa shape index (κ3) is 5.93. The number of hydrogen-bond donors (Lipinski definition) is 2. The molecule has 4 heteroatoms. The van der Waals surface area contributed by atoms with Crippen LogP contribution in [-0.4, -0.2) is 11.3 Å². The summed E-state index contributed by atoms with van der Waals surface area (Å²) < 4.78 is 0. The Morgan fingerprint density at radius 2 is 1.92 bits per heavy atom. The monoisotopic (exact) mass is 204 g/mol. The highest BCUT2D eigenvalue weighted by atomic mass is 32.2. The number of carbonyl (C=O) groups excluding carboxylic acids is 1. The first-order valence-corrected chi connectivity index (χ1v) is 5.56. The van der Waals surface area contributed by atoms with Crippen molar-refractivity contribution in [3.63, 3.8) is 0 Å². The molecule has 0 aliphatic carbocycles. The van der Waals surface area contributed by atoms with Crippen molar-refractivity contribution < 1.29 is 4.79 Å². The number of nitrogens with two attached hydrogens (primary N) is 1. The normalized spacial score (nSPS) is 13.5. The Bertz CT molecular complexity index is 160. The van der Waals surface area contributed by atoms with Gasteiger partial charge in [0.2, 0.25) is 5.91 Å². The molecule has 0 aromatic rings. The molecule has 0 bridgehead atoms. The van der Waals surface area contributed by atoms with E-state index < -0.39 is 0 Å². The van der Waals surface area contributed by atoms with Crippen LogP contribution in [-0.2, 0) is 4.79 Å². The summed E-state index contributed by atoms with van der Waals surface area (Å²) >= 11 is 1.20. The summed E-state index contributed by atoms with van der Waals surface area (Å²) in [5.41, 5.74) is 0. The first-order chi connectivity index (χ1) is 5.97. The maximum atomic E-state index is 11.3. The standard InChI is InChI=1S/C9H20N2OS/c1-6(2)5-8(12)11-9(13-10)7(3)4/h6-7,9H,5,10H2,1-4H3,(H,11,12). The first kappa shape index (κ1) is 12.8. The summed E-state index contributed by atoms with van der Waals surface area (Å²) in [4.78, 5) is 11.3. The van der Waals surface area contributed by atoms with E-state index in [1.807, 2.05) is 27.7 Å². The molecule has 13 heavy (non-hydrogen) atoms. The van der Waals surface area contributed by atoms with Crippen LogP contribution in [0.5, 0.6) is 0 Å². The number of hydrogen-bond acceptors (Lipinski definition) is 3. The SMILES string of the molecule is CC(C)CC(=O)NC(SN)C(C)C. The van der Waals surface area contributed by atoms with E-state index in [-0.39, 0.29) is 11.3 Å². The van der Waals surface area contributed by atoms with E-state index in [2.05, 4.69) is 5.32 Å². The van der Waals surface area contributed by atoms with Crippen molar-refractivity contribution in [2.45, 2.75) is 39.5 Å². The van der Waals surface area contributed by atoms with Crippen molar-refractivity contribution in [1.82, 2.24) is 5.32 Å². The molecule has 0 radical (unpaired) electrons. The van der Waals surface area contributed by atoms with E-state index in [4.69, 9.17) is 5.14 Å². The summed E-state index contributed by atoms with van der Waals surface area (Å²) in [6.45, 7) is 8.14. The molecule has 0 aromatic heterocycles. The summed E-state index contributed by atoms with van der Waals surface area (Å²) in [6, 6.07) is 0. The molecule has 0 spiro atoms. The van der Waals surface area contributed by atoms with Gasteiger partial charge in [-0.2, -0.15) is 0 Å². The summed E-state index contributed by atoms with van der Waals surface area (Å²) in [7, 11) is 0. The van der Waals surface area contributed by atoms with E-state index in [1.165, 1.54) is 11.9 Å². The molecule has 0 heterocycles. The quantitative estimate of drug-likeness (QED) is 0.530. The third-order valence-corrected chi connectivity index (χ3v) is 2.60. The molecule has 0 saturated heterocycles. The highest BCUT2D eigenvalue weighted by Crippen LogP contribution is 2.11. The maximum Gasteiger partial charge on any atom is 0.221 e. The van der Waals surface area contributed by atoms with Crippen LogP contribution in [0, 0.1) is 11.8 Å². The van der Waals surface area contributed by atoms with Gasteiger partial charge in [0, 0.05) is 6.42 Å². The maximum absolute atomic E-state index is 11.3. The number of amides is 1. The molecule has 0 aliphatic heterocycles. The number of nitrogens with one attached hydrogen (secondary N) is 1. The average molecular weight is 204 g/mol. The molecule has 0 aromatic carbocycles. The fourth-order valence-corrected chi connectivity index (χ4v) is 1.46. The molecule has 3 N–H and O–H groups in total. The lowest BCUT2D eigenvalue weighted by atomic mass is 10.1. The Morgan fingerprint density at radius 3 is 2.23 bits per heavy atom. The molecule has 0 saturated carbocycles. The predicted molar refractivity (Wildman–Crippen MR) is 58.0 cm³/mol. The van der Waals surface area contributed by atoms with Gasteiger partial charge in [0.15, 0.2) is 0 Å². The van der Waals surface area contributed by atoms with Crippen LogP contribution in [0.3, 0.4) is 0 Å². The van der Waals surface area contributed by atoms with Crippen LogP contribution >= 0.6 is 11.9 Å². The Morgan fingerprint density at radius 1 is 1.38 bits per heavy atom. The van der Waals surface area contributed by atoms with E-state index in [0.29, 0.717) is 18.3 Å². The van der Waals surface area contributed by atoms with Crippen LogP contribution < -0.4 is 10.5 Å². The topological polar surface area (TPSA) is 55.1 Å². The molecule has 0 aliphatic rings. The highest BCUT2D eigenvalue weighted by molar-refractivity contribution is 7.97. The zero-order chi connectivity index (χ0) is 10.4. The van der Waals surface area contributed by atoms with Crippen LogP contribution in [0.4, 0.5) is 0 Å². The minimum absolute atomic E-state index is 0.0336. The van der Waals surface area contributed by atoms with Crippen molar-refractivity contribution in [2.24, 2.45) is 17.0 Å². The van der Waals surface area contributed by atoms with Crippen LogP contribution in [0.15, 0.2) is 0 Å². The zero-order valence-electron chi connectivity index (χ0n) is 8.83. The van der Waals surface area contributed by atoms with E-state index >= 15 is 0 Å². The van der Waals surface area contributed by atoms with Crippen molar-refractivity contribution in [2.75, 3.05) is 0 Å². The number of rotatable bonds is 5. The van der Waals surface area contributed by atoms with E-state index in [9.17, 15) is 4.79 Å². The van der Waals surface area contributed by atoms with Gasteiger partial charge < -0.3 is 5.32 Å². The van der Waals surface area contributed by atoms with Gasteiger partial charge in [0.1, 0.15) is 0 Å². The lowest BCUT2D eigenvalue weighted by molar-refractivity contribution is -0.122. The van der Waals surface area contributed by atoms with Gasteiger partial charge in [-0.3, -0.25) is 9.93 Å². The largest absolute Gasteiger partial charge is 0.343 e. The molecule has 1 unspecified atom stereocenters. The summed E-state index contributed by atoms with van der Waals surface area (Å²) in [5.74, 6) is 0.855. The van der Waals surface area contributed by atoms with E-state index in [1.54, 1.807) is 0 Å². The predicted octanol–water partition coefficient (Wildman–Crippen LogP) is 1.74. The lowest BCUT2D eigenvalue weighted by Gasteiger charge is -2.19. The van der Waals surface area contributed by atoms with Crippen LogP contribution in [0.1, 0.15) is 34.1 Å². The Labute approximate surface area is 85.0 Å². The molecule has 0 fully saturated rings. The molecular formula is C9H20N2OS. The van der Waals surface area contributed by atoms with Gasteiger partial charge in [0.05, 0.1) is 5.37 Å². The zero-order valence-corrected chi connectivity index (χ0v) is 9.65. The van der Waals surface area contributed by atoms with E-state index in [0.717, 1.165) is 0 Å². The highest BCUT2D eigenvalue weighted by Gasteiger charge is 2.15. The molecule has 1 atom stereocenters. The van der Waals surface area contributed by atoms with Gasteiger partial charge >= 0.3 is 0 Å². The van der Waals surface area contributed by atoms with Crippen molar-refractivity contribution in [3.05, 3.63) is 0 Å². The second-order valence-electron chi connectivity index (χ2n) is 3.97. The minimum atomic E-state index is 0.0336. The molecular weight excluding hydrogens is 184 g/mol. The lowest BCUT2D eigenvalue weighted by Crippen LogP contribution is -2.37. The molecule has 1 amide bonds. The van der Waals surface area contributed by atoms with Gasteiger partial charge in [-0.25, -0.2) is 0 Å². The fraction of sp³-hybridized carbons (Fsp3) is 0.889. The van der Waals surface area contributed by atoms with Crippen LogP contribution in [0.2, 0.25) is 0 Å². The number of carbonyl (C=O) groups is 1. The molecule has 78 valence electrons. The second kappa shape index (κ2) is 6.27. The Balaban J connectivity index is 3.87. The first-order valence-electron chi connectivity index (χ1n) is 4.62. The van der Waals surface area contributed by atoms with Crippen molar-refractivity contribution >= 4 is 17.9 Å². The average Bonchev–Trinajstić information content (AvgIpc) is 1.98. The van der Waals surface area contributed by atoms with Crippen LogP contribution in [0.25, 0.3) is 0 Å². The van der Waals surface area contributed by atoms with Gasteiger partial charge in [-0.05, 0) is 11.8 Å².